The van der Waals surface area contributed by atoms with Crippen molar-refractivity contribution in [3.8, 4) is 22.9 Å². The van der Waals surface area contributed by atoms with Gasteiger partial charge in [0.1, 0.15) is 11.5 Å². The molecule has 0 aliphatic heterocycles. The summed E-state index contributed by atoms with van der Waals surface area (Å²) in [4.78, 5) is 4.42. The molecule has 1 aromatic heterocycles. The van der Waals surface area contributed by atoms with Crippen molar-refractivity contribution in [2.75, 3.05) is 7.11 Å². The molecule has 1 atom stereocenters. The molecule has 0 amide bonds. The minimum atomic E-state index is -0.330. The zero-order valence-corrected chi connectivity index (χ0v) is 13.3. The van der Waals surface area contributed by atoms with Crippen LogP contribution in [-0.4, -0.2) is 17.3 Å². The van der Waals surface area contributed by atoms with Gasteiger partial charge in [-0.15, -0.1) is 0 Å². The van der Waals surface area contributed by atoms with E-state index in [1.165, 1.54) is 0 Å². The van der Waals surface area contributed by atoms with Gasteiger partial charge in [0.2, 0.25) is 5.82 Å². The van der Waals surface area contributed by atoms with E-state index in [1.54, 1.807) is 7.11 Å². The predicted octanol–water partition coefficient (Wildman–Crippen LogP) is 4.19. The summed E-state index contributed by atoms with van der Waals surface area (Å²) in [5.41, 5.74) is 1.97. The Morgan fingerprint density at radius 1 is 1.04 bits per heavy atom. The summed E-state index contributed by atoms with van der Waals surface area (Å²) in [6, 6.07) is 15.4. The molecule has 0 fully saturated rings. The van der Waals surface area contributed by atoms with Crippen LogP contribution in [-0.2, 0) is 0 Å². The highest BCUT2D eigenvalue weighted by atomic mass is 16.5. The molecule has 0 aliphatic rings. The van der Waals surface area contributed by atoms with Crippen LogP contribution in [0.15, 0.2) is 53.1 Å². The Bertz CT molecular complexity index is 798. The normalized spacial score (nSPS) is 12.0. The highest BCUT2D eigenvalue weighted by Gasteiger charge is 2.17. The summed E-state index contributed by atoms with van der Waals surface area (Å²) in [5.74, 6) is 2.47. The minimum Gasteiger partial charge on any atom is -0.497 e. The number of nitrogens with zero attached hydrogens (tertiary/aromatic N) is 2. The van der Waals surface area contributed by atoms with Crippen molar-refractivity contribution in [2.45, 2.75) is 20.0 Å². The van der Waals surface area contributed by atoms with Crippen molar-refractivity contribution >= 4 is 0 Å². The predicted molar refractivity (Wildman–Crippen MR) is 86.5 cm³/mol. The number of aryl methyl sites for hydroxylation is 1. The fraction of sp³-hybridized carbons (Fsp3) is 0.222. The van der Waals surface area contributed by atoms with Gasteiger partial charge in [0.15, 0.2) is 6.10 Å². The first kappa shape index (κ1) is 15.1. The molecule has 5 nitrogen and oxygen atoms in total. The van der Waals surface area contributed by atoms with E-state index in [2.05, 4.69) is 10.1 Å². The number of ether oxygens (including phenoxy) is 2. The van der Waals surface area contributed by atoms with Crippen LogP contribution in [0.3, 0.4) is 0 Å². The van der Waals surface area contributed by atoms with E-state index < -0.39 is 0 Å². The zero-order valence-electron chi connectivity index (χ0n) is 13.3. The molecule has 0 unspecified atom stereocenters. The molecule has 0 saturated carbocycles. The van der Waals surface area contributed by atoms with Crippen LogP contribution in [0, 0.1) is 6.92 Å². The van der Waals surface area contributed by atoms with Crippen LogP contribution < -0.4 is 9.47 Å². The van der Waals surface area contributed by atoms with E-state index in [0.717, 1.165) is 22.6 Å². The Balaban J connectivity index is 1.78. The van der Waals surface area contributed by atoms with Gasteiger partial charge < -0.3 is 14.0 Å². The topological polar surface area (TPSA) is 57.4 Å². The molecule has 3 aromatic rings. The molecule has 5 heteroatoms. The van der Waals surface area contributed by atoms with E-state index in [-0.39, 0.29) is 6.10 Å². The number of methoxy groups -OCH3 is 1. The first-order chi connectivity index (χ1) is 11.2. The van der Waals surface area contributed by atoms with Crippen molar-refractivity contribution in [1.29, 1.82) is 0 Å². The molecule has 0 N–H and O–H groups in total. The number of hydrogen-bond donors (Lipinski definition) is 0. The monoisotopic (exact) mass is 310 g/mol. The summed E-state index contributed by atoms with van der Waals surface area (Å²) in [6.07, 6.45) is -0.330. The van der Waals surface area contributed by atoms with E-state index in [9.17, 15) is 0 Å². The van der Waals surface area contributed by atoms with Crippen LogP contribution in [0.1, 0.15) is 24.5 Å². The molecule has 1 heterocycles. The van der Waals surface area contributed by atoms with E-state index in [4.69, 9.17) is 14.0 Å². The lowest BCUT2D eigenvalue weighted by atomic mass is 10.2. The fourth-order valence-electron chi connectivity index (χ4n) is 2.22. The molecule has 118 valence electrons. The van der Waals surface area contributed by atoms with Crippen LogP contribution in [0.2, 0.25) is 0 Å². The second kappa shape index (κ2) is 6.52. The summed E-state index contributed by atoms with van der Waals surface area (Å²) >= 11 is 0. The Morgan fingerprint density at radius 3 is 2.61 bits per heavy atom. The van der Waals surface area contributed by atoms with Gasteiger partial charge in [0.05, 0.1) is 7.11 Å². The van der Waals surface area contributed by atoms with Crippen molar-refractivity contribution in [1.82, 2.24) is 10.1 Å². The van der Waals surface area contributed by atoms with E-state index in [1.807, 2.05) is 62.4 Å². The highest BCUT2D eigenvalue weighted by molar-refractivity contribution is 5.56. The Morgan fingerprint density at radius 2 is 1.83 bits per heavy atom. The largest absolute Gasteiger partial charge is 0.497 e. The lowest BCUT2D eigenvalue weighted by Gasteiger charge is -2.10. The maximum absolute atomic E-state index is 5.85. The number of benzene rings is 2. The summed E-state index contributed by atoms with van der Waals surface area (Å²) in [7, 11) is 1.62. The van der Waals surface area contributed by atoms with E-state index >= 15 is 0 Å². The second-order valence-corrected chi connectivity index (χ2v) is 5.26. The maximum atomic E-state index is 5.85. The molecule has 0 radical (unpaired) electrons. The van der Waals surface area contributed by atoms with Gasteiger partial charge in [-0.2, -0.15) is 4.98 Å². The first-order valence-corrected chi connectivity index (χ1v) is 7.37. The van der Waals surface area contributed by atoms with Crippen LogP contribution >= 0.6 is 0 Å². The first-order valence-electron chi connectivity index (χ1n) is 7.37. The quantitative estimate of drug-likeness (QED) is 0.707. The molecule has 23 heavy (non-hydrogen) atoms. The summed E-state index contributed by atoms with van der Waals surface area (Å²) < 4.78 is 16.4. The van der Waals surface area contributed by atoms with Crippen LogP contribution in [0.25, 0.3) is 11.4 Å². The molecular weight excluding hydrogens is 292 g/mol. The molecule has 3 rings (SSSR count). The van der Waals surface area contributed by atoms with Crippen LogP contribution in [0.5, 0.6) is 11.5 Å². The number of rotatable bonds is 5. The Hall–Kier alpha value is -2.82. The third-order valence-corrected chi connectivity index (χ3v) is 3.42. The van der Waals surface area contributed by atoms with Crippen molar-refractivity contribution in [3.63, 3.8) is 0 Å². The third-order valence-electron chi connectivity index (χ3n) is 3.42. The average Bonchev–Trinajstić information content (AvgIpc) is 3.05. The Labute approximate surface area is 134 Å². The molecule has 0 saturated heterocycles. The molecule has 0 spiro atoms. The molecule has 0 aliphatic carbocycles. The maximum Gasteiger partial charge on any atom is 0.267 e. The standard InChI is InChI=1S/C18H18N2O3/c1-12-6-4-9-16(10-12)22-13(2)18-19-17(20-23-18)14-7-5-8-15(11-14)21-3/h4-11,13H,1-3H3/t13-/m1/s1. The van der Waals surface area contributed by atoms with Crippen molar-refractivity contribution < 1.29 is 14.0 Å². The summed E-state index contributed by atoms with van der Waals surface area (Å²) in [5, 5.41) is 4.02. The van der Waals surface area contributed by atoms with Gasteiger partial charge in [-0.05, 0) is 43.7 Å². The summed E-state index contributed by atoms with van der Waals surface area (Å²) in [6.45, 7) is 3.90. The van der Waals surface area contributed by atoms with Gasteiger partial charge in [0.25, 0.3) is 5.89 Å². The van der Waals surface area contributed by atoms with Crippen molar-refractivity contribution in [2.24, 2.45) is 0 Å². The van der Waals surface area contributed by atoms with Crippen LogP contribution in [0.4, 0.5) is 0 Å². The van der Waals surface area contributed by atoms with Gasteiger partial charge in [-0.1, -0.05) is 29.4 Å². The lowest BCUT2D eigenvalue weighted by molar-refractivity contribution is 0.175. The molecular formula is C18H18N2O3. The SMILES string of the molecule is COc1cccc(-c2noc([C@@H](C)Oc3cccc(C)c3)n2)c1. The second-order valence-electron chi connectivity index (χ2n) is 5.26. The zero-order chi connectivity index (χ0) is 16.2. The third kappa shape index (κ3) is 3.51. The highest BCUT2D eigenvalue weighted by Crippen LogP contribution is 2.25. The molecule has 2 aromatic carbocycles. The molecule has 0 bridgehead atoms. The Kier molecular flexibility index (Phi) is 4.28. The van der Waals surface area contributed by atoms with Crippen molar-refractivity contribution in [3.05, 3.63) is 60.0 Å². The van der Waals surface area contributed by atoms with E-state index in [0.29, 0.717) is 11.7 Å². The average molecular weight is 310 g/mol. The number of hydrogen-bond acceptors (Lipinski definition) is 5. The smallest absolute Gasteiger partial charge is 0.267 e. The van der Waals surface area contributed by atoms with Gasteiger partial charge in [-0.3, -0.25) is 0 Å². The fourth-order valence-corrected chi connectivity index (χ4v) is 2.22. The van der Waals surface area contributed by atoms with Gasteiger partial charge in [0, 0.05) is 5.56 Å². The lowest BCUT2D eigenvalue weighted by Crippen LogP contribution is -2.03. The van der Waals surface area contributed by atoms with Gasteiger partial charge in [-0.25, -0.2) is 0 Å². The van der Waals surface area contributed by atoms with Gasteiger partial charge >= 0.3 is 0 Å². The minimum absolute atomic E-state index is 0.330. The number of aromatic nitrogens is 2.